The van der Waals surface area contributed by atoms with Crippen LogP contribution in [0.15, 0.2) is 113 Å². The van der Waals surface area contributed by atoms with Crippen molar-refractivity contribution in [1.29, 1.82) is 0 Å². The van der Waals surface area contributed by atoms with E-state index in [-0.39, 0.29) is 23.8 Å². The number of nitrogens with zero attached hydrogens (tertiary/aromatic N) is 2. The average Bonchev–Trinajstić information content (AvgIpc) is 3.06. The smallest absolute Gasteiger partial charge is 0.264 e. The van der Waals surface area contributed by atoms with Crippen molar-refractivity contribution >= 4 is 39.3 Å². The van der Waals surface area contributed by atoms with Gasteiger partial charge in [0, 0.05) is 24.4 Å². The van der Waals surface area contributed by atoms with Gasteiger partial charge < -0.3 is 15.0 Å². The predicted molar refractivity (Wildman–Crippen MR) is 180 cm³/mol. The Balaban J connectivity index is 1.80. The molecule has 1 unspecified atom stereocenters. The molecule has 0 saturated heterocycles. The number of amides is 2. The number of likely N-dealkylation sites (N-methyl/N-ethyl adjacent to an activating group) is 1. The van der Waals surface area contributed by atoms with E-state index in [2.05, 4.69) is 5.32 Å². The maximum atomic E-state index is 14.5. The summed E-state index contributed by atoms with van der Waals surface area (Å²) in [7, 11) is -2.60. The van der Waals surface area contributed by atoms with Crippen molar-refractivity contribution in [1.82, 2.24) is 10.2 Å². The number of sulfonamides is 1. The topological polar surface area (TPSA) is 96.0 Å². The lowest BCUT2D eigenvalue weighted by Crippen LogP contribution is -2.53. The van der Waals surface area contributed by atoms with Crippen molar-refractivity contribution in [3.05, 3.63) is 120 Å². The van der Waals surface area contributed by atoms with Crippen molar-refractivity contribution in [2.75, 3.05) is 30.8 Å². The second kappa shape index (κ2) is 15.6. The molecule has 8 nitrogen and oxygen atoms in total. The SMILES string of the molecule is CCNC(=O)C(Cc1ccccc1)N(Cc1cccc(OC)c1)C(=O)CN(c1ccc(C)cc1)S(=O)(=O)c1ccc(SC)cc1. The van der Waals surface area contributed by atoms with Gasteiger partial charge >= 0.3 is 0 Å². The summed E-state index contributed by atoms with van der Waals surface area (Å²) < 4.78 is 34.9. The van der Waals surface area contributed by atoms with Crippen molar-refractivity contribution in [2.24, 2.45) is 0 Å². The highest BCUT2D eigenvalue weighted by Gasteiger charge is 2.34. The molecule has 4 aromatic rings. The van der Waals surface area contributed by atoms with E-state index in [1.54, 1.807) is 67.8 Å². The van der Waals surface area contributed by atoms with Crippen LogP contribution in [0.5, 0.6) is 5.75 Å². The maximum Gasteiger partial charge on any atom is 0.264 e. The van der Waals surface area contributed by atoms with Gasteiger partial charge in [0.25, 0.3) is 10.0 Å². The Morgan fingerprint density at radius 3 is 2.18 bits per heavy atom. The summed E-state index contributed by atoms with van der Waals surface area (Å²) in [5.74, 6) is -0.236. The molecular formula is C35H39N3O5S2. The Labute approximate surface area is 270 Å². The first kappa shape index (κ1) is 33.6. The lowest BCUT2D eigenvalue weighted by molar-refractivity contribution is -0.140. The van der Waals surface area contributed by atoms with Gasteiger partial charge in [0.15, 0.2) is 0 Å². The highest BCUT2D eigenvalue weighted by Crippen LogP contribution is 2.27. The second-order valence-corrected chi connectivity index (χ2v) is 13.2. The third-order valence-electron chi connectivity index (χ3n) is 7.36. The number of methoxy groups -OCH3 is 1. The number of hydrogen-bond acceptors (Lipinski definition) is 6. The van der Waals surface area contributed by atoms with E-state index in [1.165, 1.54) is 16.7 Å². The number of aryl methyl sites for hydroxylation is 1. The summed E-state index contributed by atoms with van der Waals surface area (Å²) >= 11 is 1.51. The molecular weight excluding hydrogens is 607 g/mol. The number of ether oxygens (including phenoxy) is 1. The lowest BCUT2D eigenvalue weighted by Gasteiger charge is -2.34. The zero-order chi connectivity index (χ0) is 32.4. The van der Waals surface area contributed by atoms with Crippen LogP contribution in [0.1, 0.15) is 23.6 Å². The third-order valence-corrected chi connectivity index (χ3v) is 9.89. The number of anilines is 1. The highest BCUT2D eigenvalue weighted by molar-refractivity contribution is 7.98. The molecule has 0 spiro atoms. The van der Waals surface area contributed by atoms with E-state index in [4.69, 9.17) is 4.74 Å². The Morgan fingerprint density at radius 2 is 1.56 bits per heavy atom. The van der Waals surface area contributed by atoms with Crippen LogP contribution in [0, 0.1) is 6.92 Å². The summed E-state index contributed by atoms with van der Waals surface area (Å²) in [5.41, 5.74) is 2.91. The molecule has 0 bridgehead atoms. The zero-order valence-electron chi connectivity index (χ0n) is 26.0. The average molecular weight is 646 g/mol. The standard InChI is InChI=1S/C35H39N3O5S2/c1-5-36-35(40)33(23-27-10-7-6-8-11-27)37(24-28-12-9-13-30(22-28)43-3)34(39)25-38(29-16-14-26(2)15-17-29)45(41,42)32-20-18-31(44-4)19-21-32/h6-22,33H,5,23-25H2,1-4H3,(H,36,40). The molecule has 1 atom stereocenters. The molecule has 236 valence electrons. The Bertz CT molecular complexity index is 1680. The van der Waals surface area contributed by atoms with Crippen molar-refractivity contribution in [3.8, 4) is 5.75 Å². The molecule has 0 radical (unpaired) electrons. The molecule has 10 heteroatoms. The van der Waals surface area contributed by atoms with Crippen LogP contribution in [0.4, 0.5) is 5.69 Å². The summed E-state index contributed by atoms with van der Waals surface area (Å²) in [5, 5.41) is 2.88. The van der Waals surface area contributed by atoms with Crippen LogP contribution in [0.2, 0.25) is 0 Å². The van der Waals surface area contributed by atoms with Gasteiger partial charge in [-0.1, -0.05) is 60.2 Å². The molecule has 0 aromatic heterocycles. The van der Waals surface area contributed by atoms with E-state index in [0.717, 1.165) is 25.9 Å². The monoisotopic (exact) mass is 645 g/mol. The Morgan fingerprint density at radius 1 is 0.889 bits per heavy atom. The summed E-state index contributed by atoms with van der Waals surface area (Å²) in [6.07, 6.45) is 2.16. The van der Waals surface area contributed by atoms with Gasteiger partial charge in [0.1, 0.15) is 18.3 Å². The summed E-state index contributed by atoms with van der Waals surface area (Å²) in [6.45, 7) is 3.66. The number of hydrogen-bond donors (Lipinski definition) is 1. The molecule has 4 aromatic carbocycles. The number of rotatable bonds is 14. The van der Waals surface area contributed by atoms with Crippen LogP contribution in [0.25, 0.3) is 0 Å². The first-order valence-corrected chi connectivity index (χ1v) is 17.3. The van der Waals surface area contributed by atoms with Crippen LogP contribution >= 0.6 is 11.8 Å². The molecule has 4 rings (SSSR count). The number of nitrogens with one attached hydrogen (secondary N) is 1. The minimum Gasteiger partial charge on any atom is -0.497 e. The van der Waals surface area contributed by atoms with Crippen LogP contribution in [-0.4, -0.2) is 57.6 Å². The van der Waals surface area contributed by atoms with Crippen molar-refractivity contribution in [2.45, 2.75) is 42.6 Å². The number of carbonyl (C=O) groups is 2. The largest absolute Gasteiger partial charge is 0.497 e. The van der Waals surface area contributed by atoms with E-state index in [9.17, 15) is 18.0 Å². The third kappa shape index (κ3) is 8.67. The van der Waals surface area contributed by atoms with Gasteiger partial charge in [0.2, 0.25) is 11.8 Å². The first-order chi connectivity index (χ1) is 21.7. The Hall–Kier alpha value is -4.28. The molecule has 0 saturated carbocycles. The van der Waals surface area contributed by atoms with Gasteiger partial charge in [-0.2, -0.15) is 0 Å². The van der Waals surface area contributed by atoms with E-state index in [0.29, 0.717) is 18.0 Å². The van der Waals surface area contributed by atoms with Crippen LogP contribution in [-0.2, 0) is 32.6 Å². The van der Waals surface area contributed by atoms with Crippen LogP contribution in [0.3, 0.4) is 0 Å². The second-order valence-electron chi connectivity index (χ2n) is 10.5. The van der Waals surface area contributed by atoms with E-state index >= 15 is 0 Å². The van der Waals surface area contributed by atoms with Gasteiger partial charge in [-0.15, -0.1) is 11.8 Å². The van der Waals surface area contributed by atoms with Gasteiger partial charge in [0.05, 0.1) is 17.7 Å². The molecule has 45 heavy (non-hydrogen) atoms. The molecule has 0 heterocycles. The number of benzene rings is 4. The summed E-state index contributed by atoms with van der Waals surface area (Å²) in [4.78, 5) is 30.6. The van der Waals surface area contributed by atoms with Gasteiger partial charge in [-0.05, 0) is 79.8 Å². The lowest BCUT2D eigenvalue weighted by atomic mass is 10.0. The normalized spacial score (nSPS) is 11.8. The Kier molecular flexibility index (Phi) is 11.7. The van der Waals surface area contributed by atoms with Gasteiger partial charge in [-0.25, -0.2) is 8.42 Å². The fourth-order valence-electron chi connectivity index (χ4n) is 4.93. The zero-order valence-corrected chi connectivity index (χ0v) is 27.6. The predicted octanol–water partition coefficient (Wildman–Crippen LogP) is 5.70. The molecule has 2 amide bonds. The van der Waals surface area contributed by atoms with Gasteiger partial charge in [-0.3, -0.25) is 13.9 Å². The van der Waals surface area contributed by atoms with Crippen molar-refractivity contribution in [3.63, 3.8) is 0 Å². The minimum atomic E-state index is -4.16. The first-order valence-electron chi connectivity index (χ1n) is 14.6. The van der Waals surface area contributed by atoms with Crippen LogP contribution < -0.4 is 14.4 Å². The minimum absolute atomic E-state index is 0.0644. The van der Waals surface area contributed by atoms with Crippen molar-refractivity contribution < 1.29 is 22.7 Å². The molecule has 1 N–H and O–H groups in total. The quantitative estimate of drug-likeness (QED) is 0.177. The maximum absolute atomic E-state index is 14.5. The molecule has 0 aliphatic carbocycles. The fraction of sp³-hybridized carbons (Fsp3) is 0.257. The number of carbonyl (C=O) groups excluding carboxylic acids is 2. The van der Waals surface area contributed by atoms with E-state index < -0.39 is 28.5 Å². The molecule has 0 aliphatic rings. The van der Waals surface area contributed by atoms with E-state index in [1.807, 2.05) is 62.6 Å². The number of thioether (sulfide) groups is 1. The summed E-state index contributed by atoms with van der Waals surface area (Å²) in [6, 6.07) is 29.4. The molecule has 0 fully saturated rings. The fourth-order valence-corrected chi connectivity index (χ4v) is 6.75. The highest BCUT2D eigenvalue weighted by atomic mass is 32.2. The molecule has 0 aliphatic heterocycles.